The molecule has 4 heteroatoms. The quantitative estimate of drug-likeness (QED) is 0.723. The molecule has 0 fully saturated rings. The number of ether oxygens (including phenoxy) is 1. The first kappa shape index (κ1) is 12.7. The zero-order chi connectivity index (χ0) is 12.0. The van der Waals surface area contributed by atoms with E-state index in [1.165, 1.54) is 6.92 Å². The van der Waals surface area contributed by atoms with E-state index in [0.717, 1.165) is 5.56 Å². The molecule has 2 N–H and O–H groups in total. The molecule has 1 aromatic carbocycles. The molecule has 0 bridgehead atoms. The molecule has 0 amide bonds. The number of benzene rings is 1. The van der Waals surface area contributed by atoms with Crippen LogP contribution in [-0.2, 0) is 16.1 Å². The van der Waals surface area contributed by atoms with Crippen molar-refractivity contribution in [1.82, 2.24) is 0 Å². The van der Waals surface area contributed by atoms with Gasteiger partial charge in [0.15, 0.2) is 0 Å². The van der Waals surface area contributed by atoms with E-state index >= 15 is 0 Å². The van der Waals surface area contributed by atoms with Crippen LogP contribution in [0.4, 0.5) is 0 Å². The Hall–Kier alpha value is -1.39. The van der Waals surface area contributed by atoms with Crippen molar-refractivity contribution < 1.29 is 19.7 Å². The van der Waals surface area contributed by atoms with E-state index in [9.17, 15) is 4.79 Å². The number of hydrogen-bond acceptors (Lipinski definition) is 4. The van der Waals surface area contributed by atoms with Gasteiger partial charge in [0, 0.05) is 0 Å². The summed E-state index contributed by atoms with van der Waals surface area (Å²) < 4.78 is 5.02. The Morgan fingerprint density at radius 1 is 1.25 bits per heavy atom. The summed E-state index contributed by atoms with van der Waals surface area (Å²) in [6, 6.07) is 9.24. The molecule has 0 aliphatic heterocycles. The van der Waals surface area contributed by atoms with Crippen LogP contribution in [0.5, 0.6) is 0 Å². The fourth-order valence-corrected chi connectivity index (χ4v) is 1.08. The van der Waals surface area contributed by atoms with Gasteiger partial charge >= 0.3 is 5.97 Å². The maximum Gasteiger partial charge on any atom is 0.316 e. The van der Waals surface area contributed by atoms with Crippen LogP contribution < -0.4 is 0 Å². The average molecular weight is 224 g/mol. The van der Waals surface area contributed by atoms with E-state index in [4.69, 9.17) is 14.9 Å². The van der Waals surface area contributed by atoms with Crippen molar-refractivity contribution in [3.63, 3.8) is 0 Å². The highest BCUT2D eigenvalue weighted by molar-refractivity contribution is 5.76. The van der Waals surface area contributed by atoms with Gasteiger partial charge in [-0.05, 0) is 12.5 Å². The molecule has 0 radical (unpaired) electrons. The summed E-state index contributed by atoms with van der Waals surface area (Å²) in [6.45, 7) is 0.740. The molecule has 0 unspecified atom stereocenters. The molecule has 0 saturated heterocycles. The van der Waals surface area contributed by atoms with Gasteiger partial charge in [-0.15, -0.1) is 0 Å². The second-order valence-corrected chi connectivity index (χ2v) is 3.94. The smallest absolute Gasteiger partial charge is 0.316 e. The molecule has 1 aromatic rings. The Bertz CT molecular complexity index is 330. The highest BCUT2D eigenvalue weighted by atomic mass is 16.5. The number of carbonyl (C=O) groups is 1. The van der Waals surface area contributed by atoms with E-state index in [1.807, 2.05) is 30.3 Å². The van der Waals surface area contributed by atoms with Crippen molar-refractivity contribution in [2.24, 2.45) is 5.41 Å². The van der Waals surface area contributed by atoms with Crippen molar-refractivity contribution in [3.05, 3.63) is 35.9 Å². The van der Waals surface area contributed by atoms with Gasteiger partial charge in [-0.25, -0.2) is 0 Å². The fraction of sp³-hybridized carbons (Fsp3) is 0.417. The number of rotatable bonds is 5. The molecule has 0 saturated carbocycles. The molecule has 0 aliphatic rings. The first-order valence-electron chi connectivity index (χ1n) is 5.05. The topological polar surface area (TPSA) is 66.8 Å². The summed E-state index contributed by atoms with van der Waals surface area (Å²) in [5.41, 5.74) is -0.358. The minimum Gasteiger partial charge on any atom is -0.460 e. The zero-order valence-electron chi connectivity index (χ0n) is 9.22. The number of carbonyl (C=O) groups excluding carboxylic acids is 1. The van der Waals surface area contributed by atoms with E-state index < -0.39 is 24.6 Å². The Morgan fingerprint density at radius 3 is 2.31 bits per heavy atom. The molecule has 88 valence electrons. The van der Waals surface area contributed by atoms with E-state index in [2.05, 4.69) is 0 Å². The minimum absolute atomic E-state index is 0.148. The second-order valence-electron chi connectivity index (χ2n) is 3.94. The van der Waals surface area contributed by atoms with E-state index in [1.54, 1.807) is 0 Å². The first-order valence-corrected chi connectivity index (χ1v) is 5.05. The van der Waals surface area contributed by atoms with Crippen molar-refractivity contribution in [1.29, 1.82) is 0 Å². The zero-order valence-corrected chi connectivity index (χ0v) is 9.22. The lowest BCUT2D eigenvalue weighted by Gasteiger charge is -2.22. The molecular weight excluding hydrogens is 208 g/mol. The van der Waals surface area contributed by atoms with Crippen molar-refractivity contribution in [3.8, 4) is 0 Å². The van der Waals surface area contributed by atoms with Crippen molar-refractivity contribution >= 4 is 5.97 Å². The Balaban J connectivity index is 2.53. The fourth-order valence-electron chi connectivity index (χ4n) is 1.08. The monoisotopic (exact) mass is 224 g/mol. The van der Waals surface area contributed by atoms with Crippen LogP contribution >= 0.6 is 0 Å². The summed E-state index contributed by atoms with van der Waals surface area (Å²) in [7, 11) is 0. The van der Waals surface area contributed by atoms with Crippen LogP contribution in [0.15, 0.2) is 30.3 Å². The van der Waals surface area contributed by atoms with Gasteiger partial charge in [0.05, 0.1) is 13.2 Å². The maximum absolute atomic E-state index is 11.6. The summed E-state index contributed by atoms with van der Waals surface area (Å²) in [6.07, 6.45) is 0. The lowest BCUT2D eigenvalue weighted by molar-refractivity contribution is -0.161. The van der Waals surface area contributed by atoms with Crippen LogP contribution in [0.25, 0.3) is 0 Å². The molecule has 0 heterocycles. The van der Waals surface area contributed by atoms with Crippen molar-refractivity contribution in [2.45, 2.75) is 13.5 Å². The summed E-state index contributed by atoms with van der Waals surface area (Å²) in [5.74, 6) is -0.596. The Labute approximate surface area is 94.5 Å². The molecule has 0 atom stereocenters. The lowest BCUT2D eigenvalue weighted by Crippen LogP contribution is -2.36. The molecule has 0 spiro atoms. The molecule has 16 heavy (non-hydrogen) atoms. The van der Waals surface area contributed by atoms with Crippen molar-refractivity contribution in [2.75, 3.05) is 13.2 Å². The standard InChI is InChI=1S/C12H16O4/c1-12(8-13,9-14)11(15)16-7-10-5-3-2-4-6-10/h2-6,13-14H,7-9H2,1H3. The van der Waals surface area contributed by atoms with Gasteiger partial charge in [0.25, 0.3) is 0 Å². The van der Waals surface area contributed by atoms with Gasteiger partial charge in [-0.2, -0.15) is 0 Å². The van der Waals surface area contributed by atoms with Gasteiger partial charge in [0.1, 0.15) is 12.0 Å². The molecule has 1 rings (SSSR count). The van der Waals surface area contributed by atoms with E-state index in [-0.39, 0.29) is 6.61 Å². The average Bonchev–Trinajstić information content (AvgIpc) is 2.36. The Kier molecular flexibility index (Phi) is 4.46. The number of aliphatic hydroxyl groups excluding tert-OH is 2. The molecule has 0 aromatic heterocycles. The second kappa shape index (κ2) is 5.63. The summed E-state index contributed by atoms with van der Waals surface area (Å²) in [5, 5.41) is 18.0. The maximum atomic E-state index is 11.6. The predicted molar refractivity (Wildman–Crippen MR) is 58.5 cm³/mol. The van der Waals surface area contributed by atoms with Gasteiger partial charge in [-0.3, -0.25) is 4.79 Å². The largest absolute Gasteiger partial charge is 0.460 e. The van der Waals surface area contributed by atoms with Gasteiger partial charge < -0.3 is 14.9 Å². The number of hydrogen-bond donors (Lipinski definition) is 2. The van der Waals surface area contributed by atoms with Crippen LogP contribution in [0.1, 0.15) is 12.5 Å². The van der Waals surface area contributed by atoms with Crippen LogP contribution in [0.3, 0.4) is 0 Å². The highest BCUT2D eigenvalue weighted by Gasteiger charge is 2.33. The Morgan fingerprint density at radius 2 is 1.81 bits per heavy atom. The third-order valence-corrected chi connectivity index (χ3v) is 2.40. The molecular formula is C12H16O4. The predicted octanol–water partition coefficient (Wildman–Crippen LogP) is 0.721. The van der Waals surface area contributed by atoms with Crippen LogP contribution in [0, 0.1) is 5.41 Å². The van der Waals surface area contributed by atoms with Crippen LogP contribution in [0.2, 0.25) is 0 Å². The number of aliphatic hydroxyl groups is 2. The van der Waals surface area contributed by atoms with Gasteiger partial charge in [-0.1, -0.05) is 30.3 Å². The molecule has 4 nitrogen and oxygen atoms in total. The number of esters is 1. The lowest BCUT2D eigenvalue weighted by atomic mass is 9.93. The van der Waals surface area contributed by atoms with E-state index in [0.29, 0.717) is 0 Å². The normalized spacial score (nSPS) is 11.2. The summed E-state index contributed by atoms with van der Waals surface area (Å²) in [4.78, 5) is 11.6. The third-order valence-electron chi connectivity index (χ3n) is 2.40. The summed E-state index contributed by atoms with van der Waals surface area (Å²) >= 11 is 0. The minimum atomic E-state index is -1.23. The highest BCUT2D eigenvalue weighted by Crippen LogP contribution is 2.17. The first-order chi connectivity index (χ1) is 7.62. The van der Waals surface area contributed by atoms with Gasteiger partial charge in [0.2, 0.25) is 0 Å². The van der Waals surface area contributed by atoms with Crippen LogP contribution in [-0.4, -0.2) is 29.4 Å². The molecule has 0 aliphatic carbocycles. The third kappa shape index (κ3) is 3.05. The SMILES string of the molecule is CC(CO)(CO)C(=O)OCc1ccccc1.